The molecule has 1 aromatic rings. The molecule has 0 aliphatic carbocycles. The van der Waals surface area contributed by atoms with Gasteiger partial charge in [-0.1, -0.05) is 0 Å². The molecule has 1 aliphatic rings. The van der Waals surface area contributed by atoms with E-state index in [1.165, 1.54) is 12.1 Å². The van der Waals surface area contributed by atoms with E-state index in [2.05, 4.69) is 10.2 Å². The predicted octanol–water partition coefficient (Wildman–Crippen LogP) is 1.24. The van der Waals surface area contributed by atoms with Crippen LogP contribution in [-0.2, 0) is 4.74 Å². The first-order chi connectivity index (χ1) is 9.13. The van der Waals surface area contributed by atoms with Gasteiger partial charge in [0.15, 0.2) is 0 Å². The van der Waals surface area contributed by atoms with Gasteiger partial charge in [0.1, 0.15) is 5.82 Å². The smallest absolute Gasteiger partial charge is 0.125 e. The molecule has 0 bridgehead atoms. The Labute approximate surface area is 113 Å². The zero-order valence-corrected chi connectivity index (χ0v) is 11.2. The van der Waals surface area contributed by atoms with Crippen molar-refractivity contribution < 1.29 is 14.2 Å². The molecule has 1 aromatic carbocycles. The number of hydrogen-bond donors (Lipinski definition) is 2. The first-order valence-electron chi connectivity index (χ1n) is 6.63. The maximum Gasteiger partial charge on any atom is 0.125 e. The number of benzene rings is 1. The van der Waals surface area contributed by atoms with E-state index in [1.807, 2.05) is 13.0 Å². The second kappa shape index (κ2) is 6.84. The lowest BCUT2D eigenvalue weighted by molar-refractivity contribution is 0.0171. The highest BCUT2D eigenvalue weighted by Gasteiger charge is 2.14. The molecule has 0 aromatic heterocycles. The monoisotopic (exact) mass is 268 g/mol. The van der Waals surface area contributed by atoms with E-state index in [1.54, 1.807) is 0 Å². The fourth-order valence-corrected chi connectivity index (χ4v) is 2.22. The Bertz CT molecular complexity index is 388. The number of halogens is 1. The van der Waals surface area contributed by atoms with Crippen LogP contribution in [0.5, 0.6) is 0 Å². The van der Waals surface area contributed by atoms with Gasteiger partial charge in [-0.25, -0.2) is 4.39 Å². The highest BCUT2D eigenvalue weighted by atomic mass is 19.1. The van der Waals surface area contributed by atoms with E-state index < -0.39 is 6.10 Å². The van der Waals surface area contributed by atoms with Crippen LogP contribution in [0.3, 0.4) is 0 Å². The van der Waals surface area contributed by atoms with Crippen LogP contribution >= 0.6 is 0 Å². The number of aliphatic hydroxyl groups is 1. The lowest BCUT2D eigenvalue weighted by atomic mass is 10.2. The summed E-state index contributed by atoms with van der Waals surface area (Å²) in [5.41, 5.74) is 1.57. The van der Waals surface area contributed by atoms with E-state index in [9.17, 15) is 9.50 Å². The summed E-state index contributed by atoms with van der Waals surface area (Å²) in [7, 11) is 0. The molecule has 1 saturated heterocycles. The number of hydrogen-bond acceptors (Lipinski definition) is 4. The van der Waals surface area contributed by atoms with Crippen LogP contribution in [0.15, 0.2) is 18.2 Å². The third kappa shape index (κ3) is 4.78. The summed E-state index contributed by atoms with van der Waals surface area (Å²) in [4.78, 5) is 2.17. The van der Waals surface area contributed by atoms with Crippen LogP contribution in [0.2, 0.25) is 0 Å². The third-order valence-electron chi connectivity index (χ3n) is 3.16. The summed E-state index contributed by atoms with van der Waals surface area (Å²) in [5.74, 6) is -0.259. The van der Waals surface area contributed by atoms with Crippen molar-refractivity contribution in [3.8, 4) is 0 Å². The Balaban J connectivity index is 1.77. The van der Waals surface area contributed by atoms with Gasteiger partial charge in [-0.2, -0.15) is 0 Å². The fraction of sp³-hybridized carbons (Fsp3) is 0.571. The first kappa shape index (κ1) is 14.2. The zero-order valence-electron chi connectivity index (χ0n) is 11.2. The first-order valence-corrected chi connectivity index (χ1v) is 6.63. The Morgan fingerprint density at radius 3 is 2.79 bits per heavy atom. The second-order valence-corrected chi connectivity index (χ2v) is 4.96. The van der Waals surface area contributed by atoms with Crippen molar-refractivity contribution in [3.05, 3.63) is 29.6 Å². The standard InChI is InChI=1S/C14H21FN2O2/c1-11-6-12(15)8-13(7-11)16-9-14(18)10-17-2-4-19-5-3-17/h6-8,14,16,18H,2-5,9-10H2,1H3. The van der Waals surface area contributed by atoms with E-state index in [-0.39, 0.29) is 5.82 Å². The van der Waals surface area contributed by atoms with Gasteiger partial charge in [0.05, 0.1) is 19.3 Å². The largest absolute Gasteiger partial charge is 0.390 e. The fourth-order valence-electron chi connectivity index (χ4n) is 2.22. The zero-order chi connectivity index (χ0) is 13.7. The molecule has 1 fully saturated rings. The predicted molar refractivity (Wildman–Crippen MR) is 72.9 cm³/mol. The highest BCUT2D eigenvalue weighted by molar-refractivity contribution is 5.46. The van der Waals surface area contributed by atoms with Crippen LogP contribution < -0.4 is 5.32 Å². The topological polar surface area (TPSA) is 44.7 Å². The van der Waals surface area contributed by atoms with Gasteiger partial charge in [0.2, 0.25) is 0 Å². The van der Waals surface area contributed by atoms with E-state index in [0.29, 0.717) is 18.8 Å². The number of β-amino-alcohol motifs (C(OH)–C–C–N with tert-alkyl or cyclic N) is 1. The van der Waals surface area contributed by atoms with Gasteiger partial charge >= 0.3 is 0 Å². The number of morpholine rings is 1. The van der Waals surface area contributed by atoms with Crippen LogP contribution in [0.25, 0.3) is 0 Å². The van der Waals surface area contributed by atoms with E-state index >= 15 is 0 Å². The number of nitrogens with one attached hydrogen (secondary N) is 1. The molecule has 0 spiro atoms. The minimum Gasteiger partial charge on any atom is -0.390 e. The Kier molecular flexibility index (Phi) is 5.13. The molecule has 1 heterocycles. The quantitative estimate of drug-likeness (QED) is 0.843. The van der Waals surface area contributed by atoms with Gasteiger partial charge in [0.25, 0.3) is 0 Å². The molecule has 0 amide bonds. The summed E-state index contributed by atoms with van der Waals surface area (Å²) in [6.07, 6.45) is -0.471. The Hall–Kier alpha value is -1.17. The highest BCUT2D eigenvalue weighted by Crippen LogP contribution is 2.13. The van der Waals surface area contributed by atoms with Crippen molar-refractivity contribution in [1.82, 2.24) is 4.90 Å². The molecular formula is C14H21FN2O2. The molecule has 1 atom stereocenters. The average Bonchev–Trinajstić information content (AvgIpc) is 2.36. The molecule has 5 heteroatoms. The minimum absolute atomic E-state index is 0.259. The molecule has 2 rings (SSSR count). The van der Waals surface area contributed by atoms with Gasteiger partial charge in [-0.15, -0.1) is 0 Å². The van der Waals surface area contributed by atoms with E-state index in [4.69, 9.17) is 4.74 Å². The van der Waals surface area contributed by atoms with Crippen molar-refractivity contribution in [2.75, 3.05) is 44.7 Å². The second-order valence-electron chi connectivity index (χ2n) is 4.96. The Morgan fingerprint density at radius 1 is 1.37 bits per heavy atom. The van der Waals surface area contributed by atoms with Gasteiger partial charge in [-0.3, -0.25) is 4.90 Å². The van der Waals surface area contributed by atoms with Crippen molar-refractivity contribution in [2.24, 2.45) is 0 Å². The van der Waals surface area contributed by atoms with Gasteiger partial charge in [-0.05, 0) is 30.7 Å². The van der Waals surface area contributed by atoms with Crippen molar-refractivity contribution in [2.45, 2.75) is 13.0 Å². The molecular weight excluding hydrogens is 247 g/mol. The van der Waals surface area contributed by atoms with Crippen molar-refractivity contribution in [1.29, 1.82) is 0 Å². The van der Waals surface area contributed by atoms with Crippen molar-refractivity contribution in [3.63, 3.8) is 0 Å². The molecule has 0 saturated carbocycles. The summed E-state index contributed by atoms with van der Waals surface area (Å²) in [6, 6.07) is 4.79. The van der Waals surface area contributed by atoms with Crippen molar-refractivity contribution >= 4 is 5.69 Å². The van der Waals surface area contributed by atoms with Crippen LogP contribution in [-0.4, -0.2) is 55.5 Å². The molecule has 106 valence electrons. The van der Waals surface area contributed by atoms with Gasteiger partial charge < -0.3 is 15.2 Å². The number of anilines is 1. The number of ether oxygens (including phenoxy) is 1. The minimum atomic E-state index is -0.471. The van der Waals surface area contributed by atoms with E-state index in [0.717, 1.165) is 31.9 Å². The Morgan fingerprint density at radius 2 is 2.11 bits per heavy atom. The van der Waals surface area contributed by atoms with Crippen LogP contribution in [0, 0.1) is 12.7 Å². The number of rotatable bonds is 5. The van der Waals surface area contributed by atoms with Crippen LogP contribution in [0.4, 0.5) is 10.1 Å². The summed E-state index contributed by atoms with van der Waals surface area (Å²) in [6.45, 7) is 6.04. The maximum atomic E-state index is 13.2. The van der Waals surface area contributed by atoms with Crippen LogP contribution in [0.1, 0.15) is 5.56 Å². The molecule has 19 heavy (non-hydrogen) atoms. The maximum absolute atomic E-state index is 13.2. The lowest BCUT2D eigenvalue weighted by Crippen LogP contribution is -2.42. The molecule has 1 aliphatic heterocycles. The SMILES string of the molecule is Cc1cc(F)cc(NCC(O)CN2CCOCC2)c1. The third-order valence-corrected chi connectivity index (χ3v) is 3.16. The molecule has 0 radical (unpaired) electrons. The number of aliphatic hydroxyl groups excluding tert-OH is 1. The van der Waals surface area contributed by atoms with Gasteiger partial charge in [0, 0.05) is 31.9 Å². The summed E-state index contributed by atoms with van der Waals surface area (Å²) >= 11 is 0. The lowest BCUT2D eigenvalue weighted by Gasteiger charge is -2.28. The summed E-state index contributed by atoms with van der Waals surface area (Å²) < 4.78 is 18.5. The molecule has 2 N–H and O–H groups in total. The average molecular weight is 268 g/mol. The molecule has 1 unspecified atom stereocenters. The normalized spacial score (nSPS) is 18.3. The number of aryl methyl sites for hydroxylation is 1. The number of nitrogens with zero attached hydrogens (tertiary/aromatic N) is 1. The summed E-state index contributed by atoms with van der Waals surface area (Å²) in [5, 5.41) is 13.0. The molecule has 4 nitrogen and oxygen atoms in total.